The fourth-order valence-corrected chi connectivity index (χ4v) is 1.97. The minimum atomic E-state index is -1.21. The predicted octanol–water partition coefficient (Wildman–Crippen LogP) is 1.16. The van der Waals surface area contributed by atoms with Crippen LogP contribution in [-0.4, -0.2) is 37.9 Å². The highest BCUT2D eigenvalue weighted by Crippen LogP contribution is 2.18. The van der Waals surface area contributed by atoms with Crippen molar-refractivity contribution in [2.24, 2.45) is 0 Å². The summed E-state index contributed by atoms with van der Waals surface area (Å²) in [5.41, 5.74) is 1.17. The molecule has 1 aliphatic heterocycles. The van der Waals surface area contributed by atoms with Crippen LogP contribution in [-0.2, 0) is 19.1 Å². The molecule has 1 aliphatic rings. The van der Waals surface area contributed by atoms with Gasteiger partial charge in [0.05, 0.1) is 0 Å². The van der Waals surface area contributed by atoms with Crippen LogP contribution in [0.2, 0.25) is 0 Å². The third-order valence-corrected chi connectivity index (χ3v) is 3.04. The molecule has 1 N–H and O–H groups in total. The van der Waals surface area contributed by atoms with Crippen molar-refractivity contribution in [3.8, 4) is 0 Å². The minimum absolute atomic E-state index is 0.176. The van der Waals surface area contributed by atoms with Crippen molar-refractivity contribution in [1.29, 1.82) is 0 Å². The van der Waals surface area contributed by atoms with Gasteiger partial charge in [0.1, 0.15) is 11.8 Å². The second kappa shape index (κ2) is 5.32. The molecular formula is C14H11N3O5. The lowest BCUT2D eigenvalue weighted by atomic mass is 10.3. The summed E-state index contributed by atoms with van der Waals surface area (Å²) in [4.78, 5) is 30.8. The van der Waals surface area contributed by atoms with Gasteiger partial charge in [-0.15, -0.1) is 0 Å². The van der Waals surface area contributed by atoms with Crippen LogP contribution in [0.25, 0.3) is 16.9 Å². The fraction of sp³-hybridized carbons (Fsp3) is 0.143. The lowest BCUT2D eigenvalue weighted by molar-refractivity contribution is -0.152. The first-order chi connectivity index (χ1) is 10.6. The topological polar surface area (TPSA) is 104 Å². The Hall–Kier alpha value is -3.16. The average molecular weight is 301 g/mol. The van der Waals surface area contributed by atoms with E-state index in [0.717, 1.165) is 6.26 Å². The quantitative estimate of drug-likeness (QED) is 0.513. The van der Waals surface area contributed by atoms with E-state index in [1.165, 1.54) is 29.2 Å². The molecule has 3 heterocycles. The van der Waals surface area contributed by atoms with E-state index in [4.69, 9.17) is 9.47 Å². The summed E-state index contributed by atoms with van der Waals surface area (Å²) in [5, 5.41) is 9.34. The number of esters is 1. The van der Waals surface area contributed by atoms with Crippen LogP contribution in [0.3, 0.4) is 0 Å². The Balaban J connectivity index is 1.92. The summed E-state index contributed by atoms with van der Waals surface area (Å²) in [6.07, 6.45) is 6.04. The van der Waals surface area contributed by atoms with Gasteiger partial charge in [-0.2, -0.15) is 0 Å². The molecule has 2 aromatic heterocycles. The van der Waals surface area contributed by atoms with Crippen molar-refractivity contribution >= 4 is 28.8 Å². The summed E-state index contributed by atoms with van der Waals surface area (Å²) in [5.74, 6) is -1.71. The van der Waals surface area contributed by atoms with Crippen LogP contribution in [0.1, 0.15) is 6.92 Å². The smallest absolute Gasteiger partial charge is 0.356 e. The predicted molar refractivity (Wildman–Crippen MR) is 74.2 cm³/mol. The summed E-state index contributed by atoms with van der Waals surface area (Å²) >= 11 is 0. The van der Waals surface area contributed by atoms with Crippen molar-refractivity contribution in [3.05, 3.63) is 42.6 Å². The Morgan fingerprint density at radius 2 is 2.23 bits per heavy atom. The number of hydrogen-bond donors (Lipinski definition) is 1. The number of hydrogen-bond acceptors (Lipinski definition) is 6. The van der Waals surface area contributed by atoms with Crippen LogP contribution in [0.15, 0.2) is 42.6 Å². The molecule has 1 atom stereocenters. The molecule has 0 saturated carbocycles. The van der Waals surface area contributed by atoms with E-state index >= 15 is 0 Å². The highest BCUT2D eigenvalue weighted by Gasteiger charge is 2.23. The van der Waals surface area contributed by atoms with Gasteiger partial charge in [0.2, 0.25) is 0 Å². The van der Waals surface area contributed by atoms with E-state index in [1.807, 2.05) is 0 Å². The molecule has 0 fully saturated rings. The van der Waals surface area contributed by atoms with Crippen LogP contribution in [0.4, 0.5) is 0 Å². The lowest BCUT2D eigenvalue weighted by Crippen LogP contribution is -2.13. The molecule has 2 aromatic rings. The zero-order chi connectivity index (χ0) is 15.7. The van der Waals surface area contributed by atoms with Crippen LogP contribution >= 0.6 is 0 Å². The summed E-state index contributed by atoms with van der Waals surface area (Å²) in [6, 6.07) is 1.64. The molecule has 3 rings (SSSR count). The number of cyclic esters (lactones) is 1. The second-order valence-corrected chi connectivity index (χ2v) is 4.52. The van der Waals surface area contributed by atoms with Crippen molar-refractivity contribution in [3.63, 3.8) is 0 Å². The summed E-state index contributed by atoms with van der Waals surface area (Å²) in [7, 11) is 0. The van der Waals surface area contributed by atoms with Crippen molar-refractivity contribution < 1.29 is 24.2 Å². The Morgan fingerprint density at radius 1 is 1.45 bits per heavy atom. The normalized spacial score (nSPS) is 18.2. The van der Waals surface area contributed by atoms with Gasteiger partial charge in [-0.3, -0.25) is 9.55 Å². The number of fused-ring (bicyclic) bond motifs is 1. The number of aromatic nitrogens is 3. The van der Waals surface area contributed by atoms with Gasteiger partial charge in [0.15, 0.2) is 11.3 Å². The molecule has 112 valence electrons. The average Bonchev–Trinajstić information content (AvgIpc) is 3.04. The number of carboxylic acids is 1. The summed E-state index contributed by atoms with van der Waals surface area (Å²) < 4.78 is 11.4. The highest BCUT2D eigenvalue weighted by molar-refractivity contribution is 6.10. The van der Waals surface area contributed by atoms with E-state index in [-0.39, 0.29) is 5.70 Å². The number of aliphatic carboxylic acids is 1. The van der Waals surface area contributed by atoms with Crippen LogP contribution in [0, 0.1) is 0 Å². The number of carboxylic acid groups (broad SMARTS) is 1. The van der Waals surface area contributed by atoms with E-state index in [1.54, 1.807) is 13.0 Å². The van der Waals surface area contributed by atoms with Crippen molar-refractivity contribution in [2.45, 2.75) is 13.2 Å². The van der Waals surface area contributed by atoms with Gasteiger partial charge in [0, 0.05) is 30.2 Å². The first-order valence-electron chi connectivity index (χ1n) is 6.33. The van der Waals surface area contributed by atoms with E-state index in [2.05, 4.69) is 9.97 Å². The lowest BCUT2D eigenvalue weighted by Gasteiger charge is -2.10. The molecule has 0 aliphatic carbocycles. The van der Waals surface area contributed by atoms with Crippen LogP contribution in [0.5, 0.6) is 0 Å². The number of nitrogens with zero attached hydrogens (tertiary/aromatic N) is 3. The van der Waals surface area contributed by atoms with Crippen LogP contribution < -0.4 is 0 Å². The number of ether oxygens (including phenoxy) is 2. The monoisotopic (exact) mass is 301 g/mol. The maximum absolute atomic E-state index is 11.4. The highest BCUT2D eigenvalue weighted by atomic mass is 16.7. The van der Waals surface area contributed by atoms with Gasteiger partial charge >= 0.3 is 11.9 Å². The Morgan fingerprint density at radius 3 is 2.91 bits per heavy atom. The van der Waals surface area contributed by atoms with Gasteiger partial charge in [-0.05, 0) is 13.0 Å². The molecule has 0 amide bonds. The van der Waals surface area contributed by atoms with Gasteiger partial charge in [-0.25, -0.2) is 14.6 Å². The molecule has 0 spiro atoms. The molecule has 8 heteroatoms. The van der Waals surface area contributed by atoms with Gasteiger partial charge < -0.3 is 14.6 Å². The van der Waals surface area contributed by atoms with Gasteiger partial charge in [0.25, 0.3) is 6.29 Å². The Bertz CT molecular complexity index is 821. The third-order valence-electron chi connectivity index (χ3n) is 3.04. The molecule has 0 saturated heterocycles. The number of rotatable bonds is 4. The first kappa shape index (κ1) is 13.8. The molecule has 0 aromatic carbocycles. The van der Waals surface area contributed by atoms with Gasteiger partial charge in [-0.1, -0.05) is 0 Å². The van der Waals surface area contributed by atoms with Crippen molar-refractivity contribution in [2.75, 3.05) is 0 Å². The first-order valence-corrected chi connectivity index (χ1v) is 6.33. The van der Waals surface area contributed by atoms with Crippen molar-refractivity contribution in [1.82, 2.24) is 14.5 Å². The van der Waals surface area contributed by atoms with E-state index in [0.29, 0.717) is 16.7 Å². The third kappa shape index (κ3) is 2.41. The molecule has 8 nitrogen and oxygen atoms in total. The maximum Gasteiger partial charge on any atom is 0.356 e. The summed E-state index contributed by atoms with van der Waals surface area (Å²) in [6.45, 7) is 1.59. The molecule has 22 heavy (non-hydrogen) atoms. The SMILES string of the molecule is CC1=CC(O/C=C(/C(=O)O)n2ccc3nccnc32)OC1=O. The number of carbonyl (C=O) groups is 2. The number of carbonyl (C=O) groups excluding carboxylic acids is 1. The fourth-order valence-electron chi connectivity index (χ4n) is 1.97. The maximum atomic E-state index is 11.4. The Kier molecular flexibility index (Phi) is 3.34. The zero-order valence-corrected chi connectivity index (χ0v) is 11.5. The Labute approximate surface area is 124 Å². The zero-order valence-electron chi connectivity index (χ0n) is 11.5. The van der Waals surface area contributed by atoms with E-state index in [9.17, 15) is 14.7 Å². The largest absolute Gasteiger partial charge is 0.476 e. The second-order valence-electron chi connectivity index (χ2n) is 4.52. The molecule has 1 unspecified atom stereocenters. The molecule has 0 radical (unpaired) electrons. The minimum Gasteiger partial charge on any atom is -0.476 e. The molecule has 0 bridgehead atoms. The molecular weight excluding hydrogens is 290 g/mol. The standard InChI is InChI=1S/C14H11N3O5/c1-8-6-11(22-14(8)20)21-7-10(13(18)19)17-5-2-9-12(17)16-4-3-15-9/h2-7,11H,1H3,(H,18,19)/b10-7-. The van der Waals surface area contributed by atoms with E-state index < -0.39 is 18.2 Å².